The normalized spacial score (nSPS) is 13.2. The van der Waals surface area contributed by atoms with Crippen LogP contribution in [-0.4, -0.2) is 29.8 Å². The van der Waals surface area contributed by atoms with Crippen molar-refractivity contribution in [2.24, 2.45) is 5.73 Å². The largest absolute Gasteiger partial charge is 0.464 e. The predicted octanol–water partition coefficient (Wildman–Crippen LogP) is 3.32. The van der Waals surface area contributed by atoms with Crippen LogP contribution in [0.25, 0.3) is 11.1 Å². The van der Waals surface area contributed by atoms with Crippen molar-refractivity contribution in [1.82, 2.24) is 0 Å². The van der Waals surface area contributed by atoms with Crippen LogP contribution in [-0.2, 0) is 16.0 Å². The molecule has 0 bridgehead atoms. The van der Waals surface area contributed by atoms with Crippen LogP contribution in [0.2, 0.25) is 0 Å². The number of ether oxygens (including phenoxy) is 1. The van der Waals surface area contributed by atoms with Crippen molar-refractivity contribution < 1.29 is 14.6 Å². The number of hydrogen-bond acceptors (Lipinski definition) is 4. The molecule has 0 unspecified atom stereocenters. The summed E-state index contributed by atoms with van der Waals surface area (Å²) in [6, 6.07) is 18.1. The minimum absolute atomic E-state index is 0.200. The van der Waals surface area contributed by atoms with Gasteiger partial charge in [-0.15, -0.1) is 0 Å². The SMILES string of the molecule is CCCCOC(=O)[C@H](O)C[C@H](N)Cc1ccc(-c2ccccc2)cc1. The summed E-state index contributed by atoms with van der Waals surface area (Å²) in [5, 5.41) is 9.90. The molecule has 0 saturated carbocycles. The number of benzene rings is 2. The highest BCUT2D eigenvalue weighted by Crippen LogP contribution is 2.20. The van der Waals surface area contributed by atoms with Gasteiger partial charge in [-0.25, -0.2) is 4.79 Å². The molecule has 2 aromatic carbocycles. The first-order chi connectivity index (χ1) is 12.1. The van der Waals surface area contributed by atoms with Gasteiger partial charge < -0.3 is 15.6 Å². The van der Waals surface area contributed by atoms with Gasteiger partial charge in [-0.05, 0) is 36.0 Å². The monoisotopic (exact) mass is 341 g/mol. The fourth-order valence-corrected chi connectivity index (χ4v) is 2.65. The van der Waals surface area contributed by atoms with Gasteiger partial charge in [0, 0.05) is 6.04 Å². The molecule has 0 aliphatic carbocycles. The Morgan fingerprint density at radius 2 is 1.72 bits per heavy atom. The van der Waals surface area contributed by atoms with Gasteiger partial charge in [-0.2, -0.15) is 0 Å². The zero-order valence-electron chi connectivity index (χ0n) is 14.7. The van der Waals surface area contributed by atoms with Crippen LogP contribution in [0.3, 0.4) is 0 Å². The fourth-order valence-electron chi connectivity index (χ4n) is 2.65. The summed E-state index contributed by atoms with van der Waals surface area (Å²) >= 11 is 0. The van der Waals surface area contributed by atoms with Crippen molar-refractivity contribution in [3.05, 3.63) is 60.2 Å². The third kappa shape index (κ3) is 6.33. The van der Waals surface area contributed by atoms with Crippen LogP contribution in [0, 0.1) is 0 Å². The second-order valence-corrected chi connectivity index (χ2v) is 6.30. The number of unbranched alkanes of at least 4 members (excludes halogenated alkanes) is 1. The first-order valence-electron chi connectivity index (χ1n) is 8.84. The van der Waals surface area contributed by atoms with Crippen molar-refractivity contribution >= 4 is 5.97 Å². The summed E-state index contributed by atoms with van der Waals surface area (Å²) in [4.78, 5) is 11.7. The lowest BCUT2D eigenvalue weighted by molar-refractivity contribution is -0.154. The van der Waals surface area contributed by atoms with Crippen molar-refractivity contribution in [2.45, 2.75) is 44.8 Å². The first-order valence-corrected chi connectivity index (χ1v) is 8.84. The molecule has 0 aliphatic heterocycles. The van der Waals surface area contributed by atoms with Crippen LogP contribution in [0.4, 0.5) is 0 Å². The van der Waals surface area contributed by atoms with Crippen LogP contribution < -0.4 is 5.73 Å². The van der Waals surface area contributed by atoms with Gasteiger partial charge in [0.2, 0.25) is 0 Å². The van der Waals surface area contributed by atoms with E-state index in [9.17, 15) is 9.90 Å². The molecule has 0 aliphatic rings. The average molecular weight is 341 g/mol. The van der Waals surface area contributed by atoms with Gasteiger partial charge in [0.1, 0.15) is 0 Å². The molecule has 25 heavy (non-hydrogen) atoms. The Morgan fingerprint density at radius 3 is 2.36 bits per heavy atom. The Bertz CT molecular complexity index is 640. The molecule has 0 aromatic heterocycles. The highest BCUT2D eigenvalue weighted by molar-refractivity contribution is 5.74. The van der Waals surface area contributed by atoms with E-state index in [1.807, 2.05) is 37.3 Å². The highest BCUT2D eigenvalue weighted by atomic mass is 16.5. The number of aliphatic hydroxyl groups is 1. The number of nitrogens with two attached hydrogens (primary N) is 1. The fraction of sp³-hybridized carbons (Fsp3) is 0.381. The Labute approximate surface area is 149 Å². The van der Waals surface area contributed by atoms with Gasteiger partial charge in [0.05, 0.1) is 6.61 Å². The molecule has 2 rings (SSSR count). The Balaban J connectivity index is 1.84. The first kappa shape index (κ1) is 19.2. The quantitative estimate of drug-likeness (QED) is 0.542. The third-order valence-electron chi connectivity index (χ3n) is 4.10. The zero-order valence-corrected chi connectivity index (χ0v) is 14.7. The number of hydrogen-bond donors (Lipinski definition) is 2. The number of rotatable bonds is 9. The summed E-state index contributed by atoms with van der Waals surface area (Å²) in [7, 11) is 0. The van der Waals surface area contributed by atoms with Crippen molar-refractivity contribution in [3.8, 4) is 11.1 Å². The smallest absolute Gasteiger partial charge is 0.335 e. The Hall–Kier alpha value is -2.17. The maximum atomic E-state index is 11.7. The summed E-state index contributed by atoms with van der Waals surface area (Å²) in [6.07, 6.45) is 1.40. The molecule has 0 saturated heterocycles. The topological polar surface area (TPSA) is 72.5 Å². The van der Waals surface area contributed by atoms with Gasteiger partial charge in [-0.3, -0.25) is 0 Å². The van der Waals surface area contributed by atoms with Crippen LogP contribution >= 0.6 is 0 Å². The number of esters is 1. The lowest BCUT2D eigenvalue weighted by Gasteiger charge is -2.16. The number of carbonyl (C=O) groups is 1. The molecule has 0 fully saturated rings. The molecule has 0 heterocycles. The molecule has 2 atom stereocenters. The van der Waals surface area contributed by atoms with Gasteiger partial charge >= 0.3 is 5.97 Å². The van der Waals surface area contributed by atoms with E-state index in [1.54, 1.807) is 0 Å². The summed E-state index contributed by atoms with van der Waals surface area (Å²) in [6.45, 7) is 2.37. The standard InChI is InChI=1S/C21H27NO3/c1-2-3-13-25-21(24)20(23)15-19(22)14-16-9-11-18(12-10-16)17-7-5-4-6-8-17/h4-12,19-20,23H,2-3,13-15,22H2,1H3/t19-,20-/m1/s1. The molecular weight excluding hydrogens is 314 g/mol. The summed E-state index contributed by atoms with van der Waals surface area (Å²) < 4.78 is 5.02. The molecular formula is C21H27NO3. The second-order valence-electron chi connectivity index (χ2n) is 6.30. The molecule has 134 valence electrons. The van der Waals surface area contributed by atoms with E-state index >= 15 is 0 Å². The average Bonchev–Trinajstić information content (AvgIpc) is 2.63. The minimum Gasteiger partial charge on any atom is -0.464 e. The van der Waals surface area contributed by atoms with E-state index in [0.717, 1.165) is 24.0 Å². The van der Waals surface area contributed by atoms with Crippen LogP contribution in [0.15, 0.2) is 54.6 Å². The molecule has 0 radical (unpaired) electrons. The van der Waals surface area contributed by atoms with E-state index in [2.05, 4.69) is 24.3 Å². The minimum atomic E-state index is -1.16. The summed E-state index contributed by atoms with van der Waals surface area (Å²) in [5.41, 5.74) is 9.48. The summed E-state index contributed by atoms with van der Waals surface area (Å²) in [5.74, 6) is -0.580. The molecule has 3 N–H and O–H groups in total. The highest BCUT2D eigenvalue weighted by Gasteiger charge is 2.20. The number of aliphatic hydroxyl groups excluding tert-OH is 1. The molecule has 2 aromatic rings. The lowest BCUT2D eigenvalue weighted by Crippen LogP contribution is -2.33. The number of carbonyl (C=O) groups excluding carboxylic acids is 1. The van der Waals surface area contributed by atoms with Crippen LogP contribution in [0.5, 0.6) is 0 Å². The van der Waals surface area contributed by atoms with Crippen molar-refractivity contribution in [2.75, 3.05) is 6.61 Å². The Morgan fingerprint density at radius 1 is 1.08 bits per heavy atom. The van der Waals surface area contributed by atoms with Gasteiger partial charge in [-0.1, -0.05) is 67.9 Å². The van der Waals surface area contributed by atoms with Crippen molar-refractivity contribution in [1.29, 1.82) is 0 Å². The van der Waals surface area contributed by atoms with Crippen LogP contribution in [0.1, 0.15) is 31.7 Å². The molecule has 4 heteroatoms. The Kier molecular flexibility index (Phi) is 7.64. The molecule has 4 nitrogen and oxygen atoms in total. The second kappa shape index (κ2) is 9.97. The maximum absolute atomic E-state index is 11.7. The van der Waals surface area contributed by atoms with Crippen molar-refractivity contribution in [3.63, 3.8) is 0 Å². The predicted molar refractivity (Wildman–Crippen MR) is 100 cm³/mol. The maximum Gasteiger partial charge on any atom is 0.335 e. The molecule has 0 amide bonds. The third-order valence-corrected chi connectivity index (χ3v) is 4.10. The van der Waals surface area contributed by atoms with E-state index in [0.29, 0.717) is 13.0 Å². The van der Waals surface area contributed by atoms with Gasteiger partial charge in [0.15, 0.2) is 6.10 Å². The zero-order chi connectivity index (χ0) is 18.1. The van der Waals surface area contributed by atoms with Gasteiger partial charge in [0.25, 0.3) is 0 Å². The van der Waals surface area contributed by atoms with E-state index < -0.39 is 12.1 Å². The van der Waals surface area contributed by atoms with E-state index in [1.165, 1.54) is 5.56 Å². The van der Waals surface area contributed by atoms with E-state index in [-0.39, 0.29) is 12.5 Å². The lowest BCUT2D eigenvalue weighted by atomic mass is 9.98. The van der Waals surface area contributed by atoms with E-state index in [4.69, 9.17) is 10.5 Å². The molecule has 0 spiro atoms.